The van der Waals surface area contributed by atoms with Crippen molar-refractivity contribution in [3.63, 3.8) is 0 Å². The Labute approximate surface area is 60.5 Å². The predicted molar refractivity (Wildman–Crippen MR) is 43.6 cm³/mol. The third-order valence-electron chi connectivity index (χ3n) is 1.10. The van der Waals surface area contributed by atoms with Gasteiger partial charge in [0.1, 0.15) is 0 Å². The van der Waals surface area contributed by atoms with Gasteiger partial charge < -0.3 is 0 Å². The van der Waals surface area contributed by atoms with Gasteiger partial charge in [-0.15, -0.1) is 12.6 Å². The van der Waals surface area contributed by atoms with E-state index in [1.54, 1.807) is 0 Å². The van der Waals surface area contributed by atoms with E-state index in [9.17, 15) is 0 Å². The van der Waals surface area contributed by atoms with E-state index in [1.165, 1.54) is 0 Å². The first-order valence-electron chi connectivity index (χ1n) is 2.54. The Morgan fingerprint density at radius 1 is 1.62 bits per heavy atom. The van der Waals surface area contributed by atoms with Crippen LogP contribution in [0, 0.1) is 0 Å². The third kappa shape index (κ3) is 1.33. The topological polar surface area (TPSA) is 0 Å². The lowest BCUT2D eigenvalue weighted by Gasteiger charge is -2.09. The minimum atomic E-state index is 0.336. The number of hydrogen-bond acceptors (Lipinski definition) is 2. The summed E-state index contributed by atoms with van der Waals surface area (Å²) in [6.07, 6.45) is 7.09. The molecule has 0 amide bonds. The largest absolute Gasteiger partial charge is 0.170 e. The van der Waals surface area contributed by atoms with Gasteiger partial charge in [-0.1, -0.05) is 18.2 Å². The zero-order valence-electron chi connectivity index (χ0n) is 4.41. The van der Waals surface area contributed by atoms with Gasteiger partial charge in [-0.2, -0.15) is 12.6 Å². The summed E-state index contributed by atoms with van der Waals surface area (Å²) in [4.78, 5) is 1.07. The average Bonchev–Trinajstić information content (AvgIpc) is 1.77. The fourth-order valence-electron chi connectivity index (χ4n) is 0.606. The van der Waals surface area contributed by atoms with Crippen LogP contribution in [-0.2, 0) is 0 Å². The lowest BCUT2D eigenvalue weighted by Crippen LogP contribution is -1.98. The molecule has 1 unspecified atom stereocenters. The summed E-state index contributed by atoms with van der Waals surface area (Å²) in [5, 5.41) is 0.336. The molecule has 1 atom stereocenters. The number of allylic oxidation sites excluding steroid dienone is 3. The average molecular weight is 144 g/mol. The van der Waals surface area contributed by atoms with Crippen molar-refractivity contribution >= 4 is 25.3 Å². The maximum Gasteiger partial charge on any atom is 0.0358 e. The molecule has 0 aliphatic heterocycles. The molecule has 0 bridgehead atoms. The highest BCUT2D eigenvalue weighted by Gasteiger charge is 2.04. The van der Waals surface area contributed by atoms with Crippen molar-refractivity contribution in [1.82, 2.24) is 0 Å². The van der Waals surface area contributed by atoms with E-state index in [0.717, 1.165) is 11.3 Å². The lowest BCUT2D eigenvalue weighted by atomic mass is 10.2. The summed E-state index contributed by atoms with van der Waals surface area (Å²) >= 11 is 8.45. The molecular weight excluding hydrogens is 136 g/mol. The van der Waals surface area contributed by atoms with E-state index >= 15 is 0 Å². The summed E-state index contributed by atoms with van der Waals surface area (Å²) in [6.45, 7) is 0. The summed E-state index contributed by atoms with van der Waals surface area (Å²) in [6, 6.07) is 0. The first-order valence-corrected chi connectivity index (χ1v) is 3.51. The van der Waals surface area contributed by atoms with Crippen LogP contribution in [0.5, 0.6) is 0 Å². The summed E-state index contributed by atoms with van der Waals surface area (Å²) < 4.78 is 0. The van der Waals surface area contributed by atoms with Gasteiger partial charge in [-0.25, -0.2) is 0 Å². The van der Waals surface area contributed by atoms with Crippen molar-refractivity contribution in [3.05, 3.63) is 23.1 Å². The summed E-state index contributed by atoms with van der Waals surface area (Å²) in [5.74, 6) is 0. The molecule has 44 valence electrons. The van der Waals surface area contributed by atoms with Crippen molar-refractivity contribution < 1.29 is 0 Å². The fourth-order valence-corrected chi connectivity index (χ4v) is 1.01. The molecule has 0 nitrogen and oxygen atoms in total. The molecule has 0 saturated heterocycles. The van der Waals surface area contributed by atoms with Crippen LogP contribution in [0.2, 0.25) is 0 Å². The van der Waals surface area contributed by atoms with E-state index in [1.807, 2.05) is 12.2 Å². The van der Waals surface area contributed by atoms with Gasteiger partial charge in [0.25, 0.3) is 0 Å². The Kier molecular flexibility index (Phi) is 2.08. The van der Waals surface area contributed by atoms with Gasteiger partial charge in [0.2, 0.25) is 0 Å². The van der Waals surface area contributed by atoms with Crippen LogP contribution < -0.4 is 0 Å². The van der Waals surface area contributed by atoms with Crippen LogP contribution >= 0.6 is 25.3 Å². The maximum atomic E-state index is 4.26. The second-order valence-corrected chi connectivity index (χ2v) is 2.91. The van der Waals surface area contributed by atoms with Gasteiger partial charge >= 0.3 is 0 Å². The molecule has 1 rings (SSSR count). The Balaban J connectivity index is 2.66. The molecule has 1 aliphatic carbocycles. The summed E-state index contributed by atoms with van der Waals surface area (Å²) in [5.41, 5.74) is 0. The van der Waals surface area contributed by atoms with Crippen molar-refractivity contribution in [2.24, 2.45) is 0 Å². The quantitative estimate of drug-likeness (QED) is 0.478. The molecule has 0 saturated carbocycles. The van der Waals surface area contributed by atoms with E-state index in [0.29, 0.717) is 5.25 Å². The second kappa shape index (κ2) is 2.65. The van der Waals surface area contributed by atoms with Crippen molar-refractivity contribution in [1.29, 1.82) is 0 Å². The fraction of sp³-hybridized carbons (Fsp3) is 0.333. The molecule has 0 aromatic carbocycles. The maximum absolute atomic E-state index is 4.26. The van der Waals surface area contributed by atoms with E-state index in [2.05, 4.69) is 31.3 Å². The highest BCUT2D eigenvalue weighted by Crippen LogP contribution is 2.20. The summed E-state index contributed by atoms with van der Waals surface area (Å²) in [7, 11) is 0. The number of rotatable bonds is 0. The zero-order valence-corrected chi connectivity index (χ0v) is 6.20. The number of thiol groups is 2. The zero-order chi connectivity index (χ0) is 5.98. The molecule has 2 heteroatoms. The predicted octanol–water partition coefficient (Wildman–Crippen LogP) is 2.06. The van der Waals surface area contributed by atoms with Crippen LogP contribution in [-0.4, -0.2) is 5.25 Å². The highest BCUT2D eigenvalue weighted by molar-refractivity contribution is 7.88. The molecule has 0 N–H and O–H groups in total. The van der Waals surface area contributed by atoms with Crippen LogP contribution in [0.4, 0.5) is 0 Å². The first kappa shape index (κ1) is 6.30. The van der Waals surface area contributed by atoms with Crippen LogP contribution in [0.15, 0.2) is 23.1 Å². The molecule has 0 aromatic heterocycles. The molecule has 0 aromatic rings. The van der Waals surface area contributed by atoms with Crippen LogP contribution in [0.3, 0.4) is 0 Å². The van der Waals surface area contributed by atoms with Crippen molar-refractivity contribution in [2.45, 2.75) is 11.7 Å². The first-order chi connectivity index (χ1) is 3.80. The third-order valence-corrected chi connectivity index (χ3v) is 2.26. The Morgan fingerprint density at radius 2 is 2.38 bits per heavy atom. The van der Waals surface area contributed by atoms with Gasteiger partial charge in [0, 0.05) is 5.25 Å². The van der Waals surface area contributed by atoms with E-state index in [-0.39, 0.29) is 0 Å². The molecule has 0 spiro atoms. The molecule has 8 heavy (non-hydrogen) atoms. The SMILES string of the molecule is SC1=CC=CCC1S. The van der Waals surface area contributed by atoms with E-state index in [4.69, 9.17) is 0 Å². The minimum absolute atomic E-state index is 0.336. The van der Waals surface area contributed by atoms with Gasteiger partial charge in [-0.3, -0.25) is 0 Å². The standard InChI is InChI=1S/C6H8S2/c7-5-3-1-2-4-6(5)8/h1-3,6-8H,4H2. The normalized spacial score (nSPS) is 27.8. The van der Waals surface area contributed by atoms with E-state index < -0.39 is 0 Å². The van der Waals surface area contributed by atoms with Crippen molar-refractivity contribution in [2.75, 3.05) is 0 Å². The molecule has 0 fully saturated rings. The van der Waals surface area contributed by atoms with Crippen molar-refractivity contribution in [3.8, 4) is 0 Å². The van der Waals surface area contributed by atoms with Gasteiger partial charge in [0.05, 0.1) is 0 Å². The van der Waals surface area contributed by atoms with Gasteiger partial charge in [0.15, 0.2) is 0 Å². The Bertz CT molecular complexity index is 135. The molecule has 0 radical (unpaired) electrons. The molecule has 0 heterocycles. The number of hydrogen-bond donors (Lipinski definition) is 2. The second-order valence-electron chi connectivity index (χ2n) is 1.77. The Morgan fingerprint density at radius 3 is 2.75 bits per heavy atom. The lowest BCUT2D eigenvalue weighted by molar-refractivity contribution is 1.05. The monoisotopic (exact) mass is 144 g/mol. The minimum Gasteiger partial charge on any atom is -0.170 e. The molecular formula is C6H8S2. The molecule has 1 aliphatic rings. The Hall–Kier alpha value is 0.180. The van der Waals surface area contributed by atoms with Crippen LogP contribution in [0.25, 0.3) is 0 Å². The van der Waals surface area contributed by atoms with Crippen LogP contribution in [0.1, 0.15) is 6.42 Å². The van der Waals surface area contributed by atoms with Gasteiger partial charge in [-0.05, 0) is 11.3 Å². The highest BCUT2D eigenvalue weighted by atomic mass is 32.1. The smallest absolute Gasteiger partial charge is 0.0358 e.